The molecule has 7 heteroatoms. The number of aromatic nitrogens is 3. The number of nitriles is 1. The Balaban J connectivity index is 1.51. The number of fused-ring (bicyclic) bond motifs is 1. The molecule has 164 valence electrons. The molecule has 2 N–H and O–H groups in total. The number of anilines is 3. The highest BCUT2D eigenvalue weighted by Gasteiger charge is 2.14. The Labute approximate surface area is 196 Å². The van der Waals surface area contributed by atoms with Crippen molar-refractivity contribution in [1.29, 1.82) is 5.26 Å². The van der Waals surface area contributed by atoms with Crippen LogP contribution >= 0.6 is 0 Å². The molecule has 1 amide bonds. The Morgan fingerprint density at radius 2 is 1.79 bits per heavy atom. The lowest BCUT2D eigenvalue weighted by Gasteiger charge is -2.14. The molecule has 3 aromatic carbocycles. The summed E-state index contributed by atoms with van der Waals surface area (Å²) in [6.07, 6.45) is 5.49. The van der Waals surface area contributed by atoms with Gasteiger partial charge in [0.05, 0.1) is 17.3 Å². The Kier molecular flexibility index (Phi) is 5.46. The zero-order valence-electron chi connectivity index (χ0n) is 18.4. The first kappa shape index (κ1) is 20.9. The maximum absolute atomic E-state index is 12.7. The number of imidazole rings is 1. The number of nitrogens with one attached hydrogen (secondary N) is 2. The van der Waals surface area contributed by atoms with Gasteiger partial charge in [0, 0.05) is 41.1 Å². The van der Waals surface area contributed by atoms with Crippen LogP contribution in [0.1, 0.15) is 21.5 Å². The fourth-order valence-corrected chi connectivity index (χ4v) is 3.74. The van der Waals surface area contributed by atoms with E-state index in [-0.39, 0.29) is 5.91 Å². The summed E-state index contributed by atoms with van der Waals surface area (Å²) in [6, 6.07) is 24.2. The molecule has 0 aliphatic heterocycles. The van der Waals surface area contributed by atoms with Crippen LogP contribution in [0, 0.1) is 18.3 Å². The number of carbonyl (C=O) groups is 1. The van der Waals surface area contributed by atoms with Gasteiger partial charge in [0.2, 0.25) is 0 Å². The summed E-state index contributed by atoms with van der Waals surface area (Å²) >= 11 is 0. The molecule has 2 heterocycles. The maximum atomic E-state index is 12.7. The van der Waals surface area contributed by atoms with E-state index >= 15 is 0 Å². The van der Waals surface area contributed by atoms with E-state index < -0.39 is 0 Å². The van der Waals surface area contributed by atoms with Crippen molar-refractivity contribution in [3.8, 4) is 17.3 Å². The van der Waals surface area contributed by atoms with Gasteiger partial charge in [0.25, 0.3) is 5.91 Å². The van der Waals surface area contributed by atoms with Crippen LogP contribution in [0.25, 0.3) is 16.9 Å². The number of hydrogen-bond donors (Lipinski definition) is 2. The average Bonchev–Trinajstić information content (AvgIpc) is 3.35. The van der Waals surface area contributed by atoms with Gasteiger partial charge < -0.3 is 15.0 Å². The molecule has 0 radical (unpaired) electrons. The van der Waals surface area contributed by atoms with E-state index in [0.717, 1.165) is 28.2 Å². The number of nitrogens with zero attached hydrogens (tertiary/aromatic N) is 4. The third kappa shape index (κ3) is 4.08. The molecule has 0 saturated heterocycles. The van der Waals surface area contributed by atoms with Crippen LogP contribution in [-0.4, -0.2) is 20.3 Å². The third-order valence-corrected chi connectivity index (χ3v) is 5.54. The topological polar surface area (TPSA) is 95.1 Å². The zero-order chi connectivity index (χ0) is 23.5. The Morgan fingerprint density at radius 3 is 2.56 bits per heavy atom. The lowest BCUT2D eigenvalue weighted by Crippen LogP contribution is -2.13. The quantitative estimate of drug-likeness (QED) is 0.369. The minimum absolute atomic E-state index is 0.165. The third-order valence-electron chi connectivity index (χ3n) is 5.54. The predicted octanol–water partition coefficient (Wildman–Crippen LogP) is 5.57. The van der Waals surface area contributed by atoms with Gasteiger partial charge in [0.15, 0.2) is 11.5 Å². The van der Waals surface area contributed by atoms with Crippen molar-refractivity contribution in [2.75, 3.05) is 10.6 Å². The van der Waals surface area contributed by atoms with Crippen LogP contribution in [-0.2, 0) is 0 Å². The first-order valence-corrected chi connectivity index (χ1v) is 10.7. The normalized spacial score (nSPS) is 10.6. The van der Waals surface area contributed by atoms with Gasteiger partial charge in [-0.1, -0.05) is 30.3 Å². The summed E-state index contributed by atoms with van der Waals surface area (Å²) < 4.78 is 1.91. The summed E-state index contributed by atoms with van der Waals surface area (Å²) in [5, 5.41) is 15.4. The van der Waals surface area contributed by atoms with Crippen LogP contribution < -0.4 is 10.6 Å². The van der Waals surface area contributed by atoms with Crippen molar-refractivity contribution in [1.82, 2.24) is 14.4 Å². The largest absolute Gasteiger partial charge is 0.337 e. The van der Waals surface area contributed by atoms with E-state index in [1.807, 2.05) is 72.2 Å². The standard InChI is InChI=1S/C27H20N6O/c1-18-22(8-5-9-23(18)32-27(34)20-6-3-2-4-7-20)24-17-33-15-14-29-26(33)25(31-24)30-21-12-10-19(16-28)11-13-21/h2-15,17H,1H3,(H,30,31)(H,32,34). The van der Waals surface area contributed by atoms with Gasteiger partial charge in [-0.2, -0.15) is 5.26 Å². The molecule has 0 aliphatic rings. The highest BCUT2D eigenvalue weighted by molar-refractivity contribution is 6.05. The van der Waals surface area contributed by atoms with Gasteiger partial charge in [-0.05, 0) is 55.0 Å². The second-order valence-electron chi connectivity index (χ2n) is 7.75. The smallest absolute Gasteiger partial charge is 0.255 e. The molecule has 0 aliphatic carbocycles. The highest BCUT2D eigenvalue weighted by Crippen LogP contribution is 2.30. The van der Waals surface area contributed by atoms with E-state index in [1.165, 1.54) is 0 Å². The Hall–Kier alpha value is -4.96. The molecule has 0 unspecified atom stereocenters. The first-order chi connectivity index (χ1) is 16.6. The van der Waals surface area contributed by atoms with Crippen LogP contribution in [0.3, 0.4) is 0 Å². The van der Waals surface area contributed by atoms with Crippen LogP contribution in [0.4, 0.5) is 17.2 Å². The average molecular weight is 444 g/mol. The van der Waals surface area contributed by atoms with E-state index in [0.29, 0.717) is 22.6 Å². The molecular formula is C27H20N6O. The highest BCUT2D eigenvalue weighted by atomic mass is 16.1. The van der Waals surface area contributed by atoms with Gasteiger partial charge in [-0.25, -0.2) is 9.97 Å². The summed E-state index contributed by atoms with van der Waals surface area (Å²) in [6.45, 7) is 1.96. The van der Waals surface area contributed by atoms with Crippen LogP contribution in [0.5, 0.6) is 0 Å². The number of carbonyl (C=O) groups excluding carboxylic acids is 1. The molecule has 0 bridgehead atoms. The molecule has 0 spiro atoms. The number of benzene rings is 3. The van der Waals surface area contributed by atoms with Gasteiger partial charge in [0.1, 0.15) is 0 Å². The lowest BCUT2D eigenvalue weighted by molar-refractivity contribution is 0.102. The fourth-order valence-electron chi connectivity index (χ4n) is 3.74. The van der Waals surface area contributed by atoms with E-state index in [2.05, 4.69) is 21.7 Å². The number of rotatable bonds is 5. The minimum atomic E-state index is -0.165. The molecule has 34 heavy (non-hydrogen) atoms. The zero-order valence-corrected chi connectivity index (χ0v) is 18.4. The molecule has 0 fully saturated rings. The second kappa shape index (κ2) is 8.88. The Bertz CT molecular complexity index is 1530. The van der Waals surface area contributed by atoms with Crippen molar-refractivity contribution in [3.63, 3.8) is 0 Å². The summed E-state index contributed by atoms with van der Waals surface area (Å²) in [5.41, 5.74) is 5.92. The van der Waals surface area contributed by atoms with E-state index in [1.54, 1.807) is 30.5 Å². The summed E-state index contributed by atoms with van der Waals surface area (Å²) in [4.78, 5) is 22.0. The fraction of sp³-hybridized carbons (Fsp3) is 0.0370. The van der Waals surface area contributed by atoms with E-state index in [4.69, 9.17) is 10.2 Å². The van der Waals surface area contributed by atoms with Gasteiger partial charge >= 0.3 is 0 Å². The van der Waals surface area contributed by atoms with Crippen LogP contribution in [0.2, 0.25) is 0 Å². The monoisotopic (exact) mass is 444 g/mol. The first-order valence-electron chi connectivity index (χ1n) is 10.7. The van der Waals surface area contributed by atoms with Gasteiger partial charge in [-0.3, -0.25) is 4.79 Å². The summed E-state index contributed by atoms with van der Waals surface area (Å²) in [7, 11) is 0. The van der Waals surface area contributed by atoms with Crippen LogP contribution in [0.15, 0.2) is 91.4 Å². The number of hydrogen-bond acceptors (Lipinski definition) is 5. The van der Waals surface area contributed by atoms with Gasteiger partial charge in [-0.15, -0.1) is 0 Å². The molecule has 2 aromatic heterocycles. The lowest BCUT2D eigenvalue weighted by atomic mass is 10.0. The van der Waals surface area contributed by atoms with Crippen molar-refractivity contribution >= 4 is 28.7 Å². The molecular weight excluding hydrogens is 424 g/mol. The maximum Gasteiger partial charge on any atom is 0.255 e. The molecule has 5 aromatic rings. The summed E-state index contributed by atoms with van der Waals surface area (Å²) in [5.74, 6) is 0.423. The number of amides is 1. The minimum Gasteiger partial charge on any atom is -0.337 e. The van der Waals surface area contributed by atoms with Crippen molar-refractivity contribution < 1.29 is 4.79 Å². The molecule has 0 saturated carbocycles. The molecule has 5 rings (SSSR count). The molecule has 0 atom stereocenters. The second-order valence-corrected chi connectivity index (χ2v) is 7.75. The van der Waals surface area contributed by atoms with Crippen molar-refractivity contribution in [3.05, 3.63) is 108 Å². The SMILES string of the molecule is Cc1c(NC(=O)c2ccccc2)cccc1-c1cn2ccnc2c(Nc2ccc(C#N)cc2)n1. The molecule has 7 nitrogen and oxygen atoms in total. The predicted molar refractivity (Wildman–Crippen MR) is 132 cm³/mol. The van der Waals surface area contributed by atoms with Crippen molar-refractivity contribution in [2.45, 2.75) is 6.92 Å². The van der Waals surface area contributed by atoms with Crippen molar-refractivity contribution in [2.24, 2.45) is 0 Å². The Morgan fingerprint density at radius 1 is 1.00 bits per heavy atom. The van der Waals surface area contributed by atoms with E-state index in [9.17, 15) is 4.79 Å².